The first kappa shape index (κ1) is 15.4. The Hall–Kier alpha value is -1.64. The van der Waals surface area contributed by atoms with Gasteiger partial charge in [0.25, 0.3) is 5.91 Å². The van der Waals surface area contributed by atoms with Gasteiger partial charge in [0.05, 0.1) is 5.75 Å². The molecule has 0 aliphatic carbocycles. The van der Waals surface area contributed by atoms with Gasteiger partial charge in [0.15, 0.2) is 6.61 Å². The third kappa shape index (κ3) is 7.39. The molecular weight excluding hydrogens is 270 g/mol. The molecule has 1 amide bonds. The first-order valence-electron chi connectivity index (χ1n) is 5.58. The lowest BCUT2D eigenvalue weighted by Gasteiger charge is -2.06. The molecule has 0 aliphatic rings. The van der Waals surface area contributed by atoms with Crippen molar-refractivity contribution < 1.29 is 17.9 Å². The Morgan fingerprint density at radius 3 is 2.42 bits per heavy atom. The molecule has 1 aromatic rings. The van der Waals surface area contributed by atoms with Crippen LogP contribution in [0.4, 0.5) is 0 Å². The van der Waals surface area contributed by atoms with Gasteiger partial charge < -0.3 is 15.8 Å². The van der Waals surface area contributed by atoms with Crippen molar-refractivity contribution in [3.63, 3.8) is 0 Å². The van der Waals surface area contributed by atoms with E-state index in [1.165, 1.54) is 0 Å². The molecule has 0 aliphatic heterocycles. The van der Waals surface area contributed by atoms with Crippen LogP contribution < -0.4 is 20.9 Å². The number of hydrogen-bond acceptors (Lipinski definition) is 5. The largest absolute Gasteiger partial charge is 0.484 e. The van der Waals surface area contributed by atoms with Gasteiger partial charge in [-0.15, -0.1) is 0 Å². The van der Waals surface area contributed by atoms with Gasteiger partial charge in [-0.1, -0.05) is 12.1 Å². The molecule has 8 heteroatoms. The average molecular weight is 287 g/mol. The highest BCUT2D eigenvalue weighted by Crippen LogP contribution is 2.11. The average Bonchev–Trinajstić information content (AvgIpc) is 2.32. The van der Waals surface area contributed by atoms with Gasteiger partial charge in [-0.2, -0.15) is 0 Å². The van der Waals surface area contributed by atoms with Gasteiger partial charge in [-0.25, -0.2) is 13.6 Å². The van der Waals surface area contributed by atoms with Gasteiger partial charge >= 0.3 is 0 Å². The van der Waals surface area contributed by atoms with Crippen molar-refractivity contribution in [2.24, 2.45) is 10.9 Å². The summed E-state index contributed by atoms with van der Waals surface area (Å²) in [6.45, 7) is 0.649. The number of primary amides is 1. The van der Waals surface area contributed by atoms with Crippen LogP contribution in [-0.4, -0.2) is 33.2 Å². The van der Waals surface area contributed by atoms with Gasteiger partial charge in [0.1, 0.15) is 5.75 Å². The summed E-state index contributed by atoms with van der Waals surface area (Å²) in [4.78, 5) is 10.5. The number of benzene rings is 1. The van der Waals surface area contributed by atoms with E-state index in [0.29, 0.717) is 18.8 Å². The summed E-state index contributed by atoms with van der Waals surface area (Å²) >= 11 is 0. The molecule has 0 heterocycles. The molecule has 1 rings (SSSR count). The smallest absolute Gasteiger partial charge is 0.255 e. The Bertz CT molecular complexity index is 513. The van der Waals surface area contributed by atoms with E-state index in [9.17, 15) is 13.2 Å². The van der Waals surface area contributed by atoms with E-state index in [1.54, 1.807) is 24.3 Å². The van der Waals surface area contributed by atoms with Crippen molar-refractivity contribution in [1.29, 1.82) is 0 Å². The van der Waals surface area contributed by atoms with E-state index < -0.39 is 15.9 Å². The number of hydrogen-bond donors (Lipinski definition) is 3. The van der Waals surface area contributed by atoms with Crippen LogP contribution in [0, 0.1) is 0 Å². The summed E-state index contributed by atoms with van der Waals surface area (Å²) in [5.41, 5.74) is 5.91. The van der Waals surface area contributed by atoms with E-state index in [0.717, 1.165) is 5.56 Å². The molecule has 1 aromatic carbocycles. The molecule has 0 saturated carbocycles. The molecular formula is C11H17N3O4S. The van der Waals surface area contributed by atoms with Crippen molar-refractivity contribution in [2.75, 3.05) is 18.9 Å². The number of rotatable bonds is 8. The Balaban J connectivity index is 2.34. The summed E-state index contributed by atoms with van der Waals surface area (Å²) in [5.74, 6) is -0.0897. The first-order chi connectivity index (χ1) is 8.87. The number of carbonyl (C=O) groups is 1. The highest BCUT2D eigenvalue weighted by atomic mass is 32.2. The number of nitrogens with two attached hydrogens (primary N) is 2. The molecule has 0 radical (unpaired) electrons. The second-order valence-electron chi connectivity index (χ2n) is 3.94. The first-order valence-corrected chi connectivity index (χ1v) is 7.29. The maximum absolute atomic E-state index is 10.7. The van der Waals surface area contributed by atoms with Crippen LogP contribution in [0.25, 0.3) is 0 Å². The number of amides is 1. The molecule has 0 bridgehead atoms. The van der Waals surface area contributed by atoms with E-state index in [4.69, 9.17) is 15.6 Å². The lowest BCUT2D eigenvalue weighted by Crippen LogP contribution is -2.26. The van der Waals surface area contributed by atoms with Crippen LogP contribution in [0.3, 0.4) is 0 Å². The molecule has 0 atom stereocenters. The number of primary sulfonamides is 1. The lowest BCUT2D eigenvalue weighted by atomic mass is 10.2. The molecule has 0 aromatic heterocycles. The third-order valence-electron chi connectivity index (χ3n) is 2.20. The van der Waals surface area contributed by atoms with Crippen LogP contribution in [-0.2, 0) is 21.4 Å². The fourth-order valence-electron chi connectivity index (χ4n) is 1.31. The predicted molar refractivity (Wildman–Crippen MR) is 70.8 cm³/mol. The monoisotopic (exact) mass is 287 g/mol. The quantitative estimate of drug-likeness (QED) is 0.525. The third-order valence-corrected chi connectivity index (χ3v) is 2.97. The number of carbonyl (C=O) groups excluding carboxylic acids is 1. The highest BCUT2D eigenvalue weighted by molar-refractivity contribution is 7.89. The van der Waals surface area contributed by atoms with Crippen LogP contribution in [0.15, 0.2) is 24.3 Å². The molecule has 0 saturated heterocycles. The number of nitrogens with one attached hydrogen (secondary N) is 1. The molecule has 7 nitrogen and oxygen atoms in total. The van der Waals surface area contributed by atoms with Crippen LogP contribution in [0.2, 0.25) is 0 Å². The van der Waals surface area contributed by atoms with Gasteiger partial charge in [-0.05, 0) is 17.7 Å². The second-order valence-corrected chi connectivity index (χ2v) is 5.68. The summed E-state index contributed by atoms with van der Waals surface area (Å²) in [6.07, 6.45) is 0. The normalized spacial score (nSPS) is 11.2. The fourth-order valence-corrected chi connectivity index (χ4v) is 1.73. The van der Waals surface area contributed by atoms with Crippen molar-refractivity contribution >= 4 is 15.9 Å². The van der Waals surface area contributed by atoms with Gasteiger partial charge in [0.2, 0.25) is 10.0 Å². The maximum atomic E-state index is 10.7. The molecule has 0 unspecified atom stereocenters. The van der Waals surface area contributed by atoms with Crippen molar-refractivity contribution in [2.45, 2.75) is 6.54 Å². The van der Waals surface area contributed by atoms with Crippen LogP contribution in [0.5, 0.6) is 5.75 Å². The van der Waals surface area contributed by atoms with Crippen molar-refractivity contribution in [3.8, 4) is 5.75 Å². The zero-order valence-electron chi connectivity index (χ0n) is 10.3. The van der Waals surface area contributed by atoms with E-state index in [2.05, 4.69) is 5.32 Å². The Morgan fingerprint density at radius 2 is 1.89 bits per heavy atom. The summed E-state index contributed by atoms with van der Waals surface area (Å²) < 4.78 is 26.5. The predicted octanol–water partition coefficient (Wildman–Crippen LogP) is -1.07. The Labute approximate surface area is 112 Å². The van der Waals surface area contributed by atoms with E-state index in [1.807, 2.05) is 0 Å². The summed E-state index contributed by atoms with van der Waals surface area (Å²) in [6, 6.07) is 7.03. The number of ether oxygens (including phenoxy) is 1. The van der Waals surface area contributed by atoms with Gasteiger partial charge in [-0.3, -0.25) is 4.79 Å². The fraction of sp³-hybridized carbons (Fsp3) is 0.364. The van der Waals surface area contributed by atoms with E-state index in [-0.39, 0.29) is 12.4 Å². The second kappa shape index (κ2) is 7.07. The standard InChI is InChI=1S/C11H17N3O4S/c12-11(15)8-18-10-3-1-9(2-4-10)7-14-5-6-19(13,16)17/h1-4,14H,5-8H2,(H2,12,15)(H2,13,16,17). The Morgan fingerprint density at radius 1 is 1.26 bits per heavy atom. The summed E-state index contributed by atoms with van der Waals surface area (Å²) in [5, 5.41) is 7.82. The van der Waals surface area contributed by atoms with E-state index >= 15 is 0 Å². The minimum Gasteiger partial charge on any atom is -0.484 e. The molecule has 0 fully saturated rings. The highest BCUT2D eigenvalue weighted by Gasteiger charge is 2.02. The lowest BCUT2D eigenvalue weighted by molar-refractivity contribution is -0.119. The van der Waals surface area contributed by atoms with Crippen LogP contribution >= 0.6 is 0 Å². The zero-order valence-corrected chi connectivity index (χ0v) is 11.2. The minimum atomic E-state index is -3.43. The molecule has 19 heavy (non-hydrogen) atoms. The zero-order chi connectivity index (χ0) is 14.3. The SMILES string of the molecule is NC(=O)COc1ccc(CNCCS(N)(=O)=O)cc1. The number of sulfonamides is 1. The van der Waals surface area contributed by atoms with Crippen LogP contribution in [0.1, 0.15) is 5.56 Å². The molecule has 5 N–H and O–H groups in total. The summed E-state index contributed by atoms with van der Waals surface area (Å²) in [7, 11) is -3.43. The molecule has 106 valence electrons. The topological polar surface area (TPSA) is 125 Å². The Kier molecular flexibility index (Phi) is 5.74. The maximum Gasteiger partial charge on any atom is 0.255 e. The molecule has 0 spiro atoms. The van der Waals surface area contributed by atoms with Crippen molar-refractivity contribution in [3.05, 3.63) is 29.8 Å². The van der Waals surface area contributed by atoms with Gasteiger partial charge in [0, 0.05) is 13.1 Å². The van der Waals surface area contributed by atoms with Crippen molar-refractivity contribution in [1.82, 2.24) is 5.32 Å². The minimum absolute atomic E-state index is 0.104.